The van der Waals surface area contributed by atoms with Gasteiger partial charge in [-0.3, -0.25) is 4.79 Å². The Morgan fingerprint density at radius 2 is 2.05 bits per heavy atom. The van der Waals surface area contributed by atoms with E-state index in [1.807, 2.05) is 0 Å². The van der Waals surface area contributed by atoms with Crippen molar-refractivity contribution in [1.29, 1.82) is 0 Å². The molecule has 0 aromatic carbocycles. The molecule has 0 bridgehead atoms. The summed E-state index contributed by atoms with van der Waals surface area (Å²) in [6.45, 7) is 3.95. The Kier molecular flexibility index (Phi) is 5.94. The highest BCUT2D eigenvalue weighted by Gasteiger charge is 2.29. The largest absolute Gasteiger partial charge is 0.467 e. The van der Waals surface area contributed by atoms with Crippen LogP contribution in [-0.4, -0.2) is 57.5 Å². The number of amides is 1. The van der Waals surface area contributed by atoms with E-state index in [0.29, 0.717) is 6.54 Å². The summed E-state index contributed by atoms with van der Waals surface area (Å²) in [5, 5.41) is 5.59. The Hall–Kier alpha value is -1.15. The molecule has 1 saturated heterocycles. The maximum absolute atomic E-state index is 11.9. The number of carbonyl (C=O) groups is 2. The number of hydrogen-bond acceptors (Lipinski definition) is 6. The van der Waals surface area contributed by atoms with Crippen LogP contribution in [0.15, 0.2) is 0 Å². The normalized spacial score (nSPS) is 23.1. The minimum absolute atomic E-state index is 0.0272. The molecule has 1 heterocycles. The van der Waals surface area contributed by atoms with Crippen LogP contribution in [0.1, 0.15) is 20.3 Å². The molecule has 0 saturated carbocycles. The average Bonchev–Trinajstić information content (AvgIpc) is 2.33. The van der Waals surface area contributed by atoms with Gasteiger partial charge < -0.3 is 15.4 Å². The van der Waals surface area contributed by atoms with Gasteiger partial charge in [-0.15, -0.1) is 0 Å². The molecule has 116 valence electrons. The van der Waals surface area contributed by atoms with Gasteiger partial charge in [0.1, 0.15) is 6.04 Å². The van der Waals surface area contributed by atoms with Gasteiger partial charge >= 0.3 is 5.97 Å². The monoisotopic (exact) mass is 306 g/mol. The molecule has 20 heavy (non-hydrogen) atoms. The predicted octanol–water partition coefficient (Wildman–Crippen LogP) is -0.923. The average molecular weight is 306 g/mol. The molecule has 0 aliphatic carbocycles. The first-order chi connectivity index (χ1) is 9.25. The molecule has 1 unspecified atom stereocenters. The maximum Gasteiger partial charge on any atom is 0.328 e. The Morgan fingerprint density at radius 1 is 1.40 bits per heavy atom. The van der Waals surface area contributed by atoms with Crippen molar-refractivity contribution in [3.63, 3.8) is 0 Å². The number of rotatable bonds is 5. The molecule has 2 atom stereocenters. The lowest BCUT2D eigenvalue weighted by molar-refractivity contribution is -0.146. The molecule has 7 nitrogen and oxygen atoms in total. The Bertz CT molecular complexity index is 460. The quantitative estimate of drug-likeness (QED) is 0.637. The second kappa shape index (κ2) is 7.03. The summed E-state index contributed by atoms with van der Waals surface area (Å²) in [6, 6.07) is -1.12. The number of sulfone groups is 1. The predicted molar refractivity (Wildman–Crippen MR) is 73.8 cm³/mol. The SMILES string of the molecule is COC(=O)[C@@H](NC(=O)CC1CS(=O)(=O)CCN1)C(C)C. The van der Waals surface area contributed by atoms with Crippen molar-refractivity contribution in [2.75, 3.05) is 25.2 Å². The number of esters is 1. The van der Waals surface area contributed by atoms with Crippen LogP contribution in [0.4, 0.5) is 0 Å². The van der Waals surface area contributed by atoms with Crippen LogP contribution in [0.3, 0.4) is 0 Å². The molecule has 0 aromatic rings. The van der Waals surface area contributed by atoms with E-state index in [0.717, 1.165) is 0 Å². The van der Waals surface area contributed by atoms with Crippen LogP contribution in [0.25, 0.3) is 0 Å². The summed E-state index contributed by atoms with van der Waals surface area (Å²) in [4.78, 5) is 23.4. The van der Waals surface area contributed by atoms with Crippen molar-refractivity contribution in [1.82, 2.24) is 10.6 Å². The third kappa shape index (κ3) is 5.09. The van der Waals surface area contributed by atoms with Gasteiger partial charge in [-0.05, 0) is 5.92 Å². The van der Waals surface area contributed by atoms with Gasteiger partial charge in [0.25, 0.3) is 0 Å². The maximum atomic E-state index is 11.9. The summed E-state index contributed by atoms with van der Waals surface area (Å²) in [5.74, 6) is -0.914. The van der Waals surface area contributed by atoms with Gasteiger partial charge in [0.2, 0.25) is 5.91 Å². The molecule has 1 amide bonds. The van der Waals surface area contributed by atoms with Crippen LogP contribution < -0.4 is 10.6 Å². The zero-order valence-electron chi connectivity index (χ0n) is 12.0. The van der Waals surface area contributed by atoms with Gasteiger partial charge in [-0.25, -0.2) is 13.2 Å². The molecule has 0 radical (unpaired) electrons. The molecule has 1 aliphatic rings. The Morgan fingerprint density at radius 3 is 2.55 bits per heavy atom. The number of methoxy groups -OCH3 is 1. The standard InChI is InChI=1S/C12H22N2O5S/c1-8(2)11(12(16)19-3)14-10(15)6-9-7-20(17,18)5-4-13-9/h8-9,11,13H,4-7H2,1-3H3,(H,14,15)/t9?,11-/m0/s1. The topological polar surface area (TPSA) is 102 Å². The number of ether oxygens (including phenoxy) is 1. The molecule has 1 aliphatic heterocycles. The summed E-state index contributed by atoms with van der Waals surface area (Å²) >= 11 is 0. The number of carbonyl (C=O) groups excluding carboxylic acids is 2. The van der Waals surface area contributed by atoms with Gasteiger partial charge in [-0.2, -0.15) is 0 Å². The third-order valence-electron chi connectivity index (χ3n) is 3.17. The molecule has 1 fully saturated rings. The Labute approximate surface area is 119 Å². The van der Waals surface area contributed by atoms with Crippen molar-refractivity contribution in [3.05, 3.63) is 0 Å². The first-order valence-electron chi connectivity index (χ1n) is 6.56. The van der Waals surface area contributed by atoms with E-state index in [1.54, 1.807) is 13.8 Å². The summed E-state index contributed by atoms with van der Waals surface area (Å²) in [7, 11) is -1.81. The molecule has 2 N–H and O–H groups in total. The fourth-order valence-corrected chi connectivity index (χ4v) is 3.52. The molecule has 8 heteroatoms. The van der Waals surface area contributed by atoms with Gasteiger partial charge in [0.15, 0.2) is 9.84 Å². The van der Waals surface area contributed by atoms with Crippen molar-refractivity contribution < 1.29 is 22.7 Å². The minimum atomic E-state index is -3.08. The van der Waals surface area contributed by atoms with Crippen molar-refractivity contribution in [3.8, 4) is 0 Å². The zero-order valence-corrected chi connectivity index (χ0v) is 12.8. The third-order valence-corrected chi connectivity index (χ3v) is 4.91. The smallest absolute Gasteiger partial charge is 0.328 e. The van der Waals surface area contributed by atoms with E-state index in [-0.39, 0.29) is 29.8 Å². The van der Waals surface area contributed by atoms with Crippen molar-refractivity contribution in [2.45, 2.75) is 32.4 Å². The molecule has 1 rings (SSSR count). The Balaban J connectivity index is 2.56. The molecule has 0 aromatic heterocycles. The summed E-state index contributed by atoms with van der Waals surface area (Å²) in [5.41, 5.74) is 0. The van der Waals surface area contributed by atoms with Crippen LogP contribution in [0.5, 0.6) is 0 Å². The highest BCUT2D eigenvalue weighted by Crippen LogP contribution is 2.07. The van der Waals surface area contributed by atoms with E-state index in [2.05, 4.69) is 15.4 Å². The van der Waals surface area contributed by atoms with Crippen LogP contribution >= 0.6 is 0 Å². The summed E-state index contributed by atoms with van der Waals surface area (Å²) < 4.78 is 27.6. The van der Waals surface area contributed by atoms with Crippen molar-refractivity contribution >= 4 is 21.7 Å². The summed E-state index contributed by atoms with van der Waals surface area (Å²) in [6.07, 6.45) is 0.0272. The molecular formula is C12H22N2O5S. The fraction of sp³-hybridized carbons (Fsp3) is 0.833. The minimum Gasteiger partial charge on any atom is -0.467 e. The highest BCUT2D eigenvalue weighted by molar-refractivity contribution is 7.91. The van der Waals surface area contributed by atoms with E-state index < -0.39 is 27.9 Å². The first kappa shape index (κ1) is 16.9. The van der Waals surface area contributed by atoms with Gasteiger partial charge in [-0.1, -0.05) is 13.8 Å². The van der Waals surface area contributed by atoms with Crippen LogP contribution in [0.2, 0.25) is 0 Å². The van der Waals surface area contributed by atoms with Gasteiger partial charge in [0.05, 0.1) is 18.6 Å². The van der Waals surface area contributed by atoms with E-state index in [9.17, 15) is 18.0 Å². The second-order valence-electron chi connectivity index (χ2n) is 5.28. The lowest BCUT2D eigenvalue weighted by atomic mass is 10.0. The van der Waals surface area contributed by atoms with E-state index in [4.69, 9.17) is 0 Å². The second-order valence-corrected chi connectivity index (χ2v) is 7.51. The van der Waals surface area contributed by atoms with Crippen molar-refractivity contribution in [2.24, 2.45) is 5.92 Å². The first-order valence-corrected chi connectivity index (χ1v) is 8.38. The van der Waals surface area contributed by atoms with Gasteiger partial charge in [0, 0.05) is 19.0 Å². The lowest BCUT2D eigenvalue weighted by Crippen LogP contribution is -2.50. The van der Waals surface area contributed by atoms with E-state index >= 15 is 0 Å². The van der Waals surface area contributed by atoms with Crippen LogP contribution in [-0.2, 0) is 24.2 Å². The fourth-order valence-electron chi connectivity index (χ4n) is 2.08. The van der Waals surface area contributed by atoms with Crippen LogP contribution in [0, 0.1) is 5.92 Å². The molecular weight excluding hydrogens is 284 g/mol. The zero-order chi connectivity index (χ0) is 15.3. The lowest BCUT2D eigenvalue weighted by Gasteiger charge is -2.25. The molecule has 0 spiro atoms. The number of nitrogens with one attached hydrogen (secondary N) is 2. The number of hydrogen-bond donors (Lipinski definition) is 2. The van der Waals surface area contributed by atoms with E-state index in [1.165, 1.54) is 7.11 Å². The highest BCUT2D eigenvalue weighted by atomic mass is 32.2.